The Bertz CT molecular complexity index is 1230. The van der Waals surface area contributed by atoms with Gasteiger partial charge in [0.25, 0.3) is 0 Å². The predicted octanol–water partition coefficient (Wildman–Crippen LogP) is 6.62. The van der Waals surface area contributed by atoms with Gasteiger partial charge in [0.1, 0.15) is 0 Å². The fourth-order valence-electron chi connectivity index (χ4n) is 3.82. The molecular formula is C25H16N2O3. The van der Waals surface area contributed by atoms with E-state index in [1.54, 1.807) is 12.1 Å². The Morgan fingerprint density at radius 3 is 1.47 bits per heavy atom. The van der Waals surface area contributed by atoms with E-state index in [1.165, 1.54) is 0 Å². The van der Waals surface area contributed by atoms with Crippen molar-refractivity contribution in [1.29, 1.82) is 0 Å². The highest BCUT2D eigenvalue weighted by molar-refractivity contribution is 6.14. The first kappa shape index (κ1) is 16.7. The molecular weight excluding hydrogens is 376 g/mol. The number of hydrogen-bond donors (Lipinski definition) is 2. The third kappa shape index (κ3) is 2.53. The van der Waals surface area contributed by atoms with Gasteiger partial charge >= 0.3 is 0 Å². The maximum absolute atomic E-state index is 13.6. The van der Waals surface area contributed by atoms with Gasteiger partial charge in [0.05, 0.1) is 33.9 Å². The fourth-order valence-corrected chi connectivity index (χ4v) is 3.82. The summed E-state index contributed by atoms with van der Waals surface area (Å²) in [6, 6.07) is 26.4. The maximum atomic E-state index is 13.6. The van der Waals surface area contributed by atoms with Crippen LogP contribution in [-0.2, 0) is 0 Å². The molecule has 0 radical (unpaired) electrons. The molecule has 0 saturated carbocycles. The summed E-state index contributed by atoms with van der Waals surface area (Å²) in [6.07, 6.45) is 0. The lowest BCUT2D eigenvalue weighted by Gasteiger charge is -2.25. The molecule has 0 fully saturated rings. The largest absolute Gasteiger partial charge is 0.452 e. The summed E-state index contributed by atoms with van der Waals surface area (Å²) >= 11 is 0. The first-order valence-electron chi connectivity index (χ1n) is 9.66. The minimum absolute atomic E-state index is 0.161. The van der Waals surface area contributed by atoms with Crippen molar-refractivity contribution in [3.8, 4) is 23.0 Å². The molecule has 4 aromatic carbocycles. The number of benzene rings is 4. The average Bonchev–Trinajstić information content (AvgIpc) is 2.80. The number of carbonyl (C=O) groups is 1. The van der Waals surface area contributed by atoms with Crippen LogP contribution in [-0.4, -0.2) is 5.78 Å². The molecule has 5 heteroatoms. The van der Waals surface area contributed by atoms with Crippen LogP contribution in [0.5, 0.6) is 23.0 Å². The molecule has 5 nitrogen and oxygen atoms in total. The minimum atomic E-state index is -0.161. The zero-order valence-corrected chi connectivity index (χ0v) is 15.8. The van der Waals surface area contributed by atoms with Crippen molar-refractivity contribution >= 4 is 28.5 Å². The lowest BCUT2D eigenvalue weighted by atomic mass is 9.98. The number of carbonyl (C=O) groups excluding carboxylic acids is 1. The monoisotopic (exact) mass is 392 g/mol. The molecule has 2 aliphatic heterocycles. The molecule has 0 spiro atoms. The molecule has 6 rings (SSSR count). The van der Waals surface area contributed by atoms with Crippen molar-refractivity contribution < 1.29 is 14.3 Å². The quantitative estimate of drug-likeness (QED) is 0.324. The van der Waals surface area contributed by atoms with Gasteiger partial charge < -0.3 is 20.1 Å². The van der Waals surface area contributed by atoms with Crippen LogP contribution in [0.3, 0.4) is 0 Å². The number of ether oxygens (including phenoxy) is 2. The second-order valence-corrected chi connectivity index (χ2v) is 7.14. The highest BCUT2D eigenvalue weighted by Crippen LogP contribution is 2.47. The van der Waals surface area contributed by atoms with Crippen molar-refractivity contribution in [2.24, 2.45) is 0 Å². The molecule has 0 unspecified atom stereocenters. The second kappa shape index (κ2) is 6.39. The number of rotatable bonds is 2. The average molecular weight is 392 g/mol. The summed E-state index contributed by atoms with van der Waals surface area (Å²) in [5, 5.41) is 6.68. The van der Waals surface area contributed by atoms with Gasteiger partial charge in [-0.25, -0.2) is 0 Å². The number of para-hydroxylation sites is 6. The molecule has 2 aliphatic rings. The van der Waals surface area contributed by atoms with Gasteiger partial charge in [0.2, 0.25) is 5.78 Å². The fraction of sp³-hybridized carbons (Fsp3) is 0. The molecule has 0 amide bonds. The van der Waals surface area contributed by atoms with Gasteiger partial charge in [-0.2, -0.15) is 0 Å². The molecule has 144 valence electrons. The Kier molecular flexibility index (Phi) is 3.55. The van der Waals surface area contributed by atoms with E-state index < -0.39 is 0 Å². The summed E-state index contributed by atoms with van der Waals surface area (Å²) in [7, 11) is 0. The topological polar surface area (TPSA) is 59.6 Å². The van der Waals surface area contributed by atoms with Crippen molar-refractivity contribution in [2.75, 3.05) is 10.6 Å². The van der Waals surface area contributed by atoms with Crippen LogP contribution in [0.1, 0.15) is 15.9 Å². The summed E-state index contributed by atoms with van der Waals surface area (Å²) in [6.45, 7) is 0. The Morgan fingerprint density at radius 1 is 0.533 bits per heavy atom. The molecule has 0 saturated heterocycles. The number of anilines is 4. The summed E-state index contributed by atoms with van der Waals surface area (Å²) in [5.74, 6) is 2.25. The van der Waals surface area contributed by atoms with E-state index >= 15 is 0 Å². The Morgan fingerprint density at radius 2 is 0.967 bits per heavy atom. The predicted molar refractivity (Wildman–Crippen MR) is 116 cm³/mol. The molecule has 2 heterocycles. The van der Waals surface area contributed by atoms with Crippen LogP contribution in [0.25, 0.3) is 0 Å². The van der Waals surface area contributed by atoms with Gasteiger partial charge in [0.15, 0.2) is 23.0 Å². The normalized spacial score (nSPS) is 12.5. The van der Waals surface area contributed by atoms with Crippen LogP contribution in [0.2, 0.25) is 0 Å². The van der Waals surface area contributed by atoms with Gasteiger partial charge in [-0.05, 0) is 48.5 Å². The first-order valence-corrected chi connectivity index (χ1v) is 9.66. The summed E-state index contributed by atoms with van der Waals surface area (Å²) in [5.41, 5.74) is 4.21. The van der Waals surface area contributed by atoms with Crippen LogP contribution in [0.15, 0.2) is 84.9 Å². The van der Waals surface area contributed by atoms with Crippen molar-refractivity contribution in [1.82, 2.24) is 0 Å². The van der Waals surface area contributed by atoms with Crippen molar-refractivity contribution in [3.05, 3.63) is 96.1 Å². The highest BCUT2D eigenvalue weighted by Gasteiger charge is 2.27. The van der Waals surface area contributed by atoms with Crippen LogP contribution < -0.4 is 20.1 Å². The third-order valence-electron chi connectivity index (χ3n) is 5.26. The van der Waals surface area contributed by atoms with Crippen LogP contribution in [0.4, 0.5) is 22.7 Å². The molecule has 0 aliphatic carbocycles. The van der Waals surface area contributed by atoms with Gasteiger partial charge in [-0.15, -0.1) is 0 Å². The number of nitrogens with one attached hydrogen (secondary N) is 2. The summed E-state index contributed by atoms with van der Waals surface area (Å²) < 4.78 is 12.2. The Balaban J connectivity index is 1.43. The van der Waals surface area contributed by atoms with E-state index in [0.717, 1.165) is 22.7 Å². The second-order valence-electron chi connectivity index (χ2n) is 7.14. The lowest BCUT2D eigenvalue weighted by molar-refractivity contribution is 0.103. The van der Waals surface area contributed by atoms with E-state index in [4.69, 9.17) is 9.47 Å². The van der Waals surface area contributed by atoms with E-state index in [0.29, 0.717) is 34.1 Å². The first-order chi connectivity index (χ1) is 14.8. The molecule has 0 bridgehead atoms. The number of ketones is 1. The molecule has 2 N–H and O–H groups in total. The highest BCUT2D eigenvalue weighted by atomic mass is 16.5. The Labute approximate surface area is 172 Å². The third-order valence-corrected chi connectivity index (χ3v) is 5.26. The van der Waals surface area contributed by atoms with Gasteiger partial charge in [-0.3, -0.25) is 4.79 Å². The summed E-state index contributed by atoms with van der Waals surface area (Å²) in [4.78, 5) is 13.6. The minimum Gasteiger partial charge on any atom is -0.452 e. The Hall–Kier alpha value is -4.25. The van der Waals surface area contributed by atoms with E-state index in [-0.39, 0.29) is 5.78 Å². The standard InChI is InChI=1S/C25H16N2O3/c28-23(15-7-5-11-19-24(15)29-21-13-3-1-9-17(21)26-19)16-8-6-12-20-25(16)30-22-14-4-2-10-18(22)27-20/h1-14,26-27H. The lowest BCUT2D eigenvalue weighted by Crippen LogP contribution is -2.12. The van der Waals surface area contributed by atoms with E-state index in [2.05, 4.69) is 10.6 Å². The van der Waals surface area contributed by atoms with Crippen molar-refractivity contribution in [3.63, 3.8) is 0 Å². The number of fused-ring (bicyclic) bond motifs is 4. The molecule has 30 heavy (non-hydrogen) atoms. The molecule has 0 atom stereocenters. The molecule has 4 aromatic rings. The number of hydrogen-bond acceptors (Lipinski definition) is 5. The maximum Gasteiger partial charge on any atom is 0.200 e. The smallest absolute Gasteiger partial charge is 0.200 e. The SMILES string of the molecule is O=C(c1cccc2c1Oc1ccccc1N2)c1cccc2c1Oc1ccccc1N2. The van der Waals surface area contributed by atoms with Crippen LogP contribution in [0, 0.1) is 0 Å². The van der Waals surface area contributed by atoms with E-state index in [1.807, 2.05) is 72.8 Å². The molecule has 0 aromatic heterocycles. The van der Waals surface area contributed by atoms with Crippen molar-refractivity contribution in [2.45, 2.75) is 0 Å². The zero-order chi connectivity index (χ0) is 20.1. The van der Waals surface area contributed by atoms with Gasteiger partial charge in [0, 0.05) is 0 Å². The van der Waals surface area contributed by atoms with Crippen LogP contribution >= 0.6 is 0 Å². The van der Waals surface area contributed by atoms with E-state index in [9.17, 15) is 4.79 Å². The zero-order valence-electron chi connectivity index (χ0n) is 15.8. The van der Waals surface area contributed by atoms with Gasteiger partial charge in [-0.1, -0.05) is 36.4 Å².